The lowest BCUT2D eigenvalue weighted by Crippen LogP contribution is -2.52. The molecular formula is C26H30F2N2O5. The molecule has 0 bridgehead atoms. The quantitative estimate of drug-likeness (QED) is 0.460. The molecular weight excluding hydrogens is 458 g/mol. The van der Waals surface area contributed by atoms with E-state index in [0.29, 0.717) is 0 Å². The van der Waals surface area contributed by atoms with E-state index in [1.165, 1.54) is 6.92 Å². The number of alkyl halides is 2. The van der Waals surface area contributed by atoms with Crippen molar-refractivity contribution in [3.8, 4) is 11.1 Å². The number of rotatable bonds is 10. The Morgan fingerprint density at radius 3 is 1.97 bits per heavy atom. The van der Waals surface area contributed by atoms with Crippen molar-refractivity contribution in [3.05, 3.63) is 59.7 Å². The van der Waals surface area contributed by atoms with Gasteiger partial charge in [-0.15, -0.1) is 0 Å². The third kappa shape index (κ3) is 6.15. The molecule has 0 aliphatic heterocycles. The van der Waals surface area contributed by atoms with Crippen LogP contribution < -0.4 is 10.6 Å². The van der Waals surface area contributed by atoms with E-state index in [0.717, 1.165) is 22.3 Å². The lowest BCUT2D eigenvalue weighted by atomic mass is 9.89. The smallest absolute Gasteiger partial charge is 0.407 e. The molecule has 1 aliphatic rings. The van der Waals surface area contributed by atoms with Gasteiger partial charge in [0.25, 0.3) is 0 Å². The fourth-order valence-corrected chi connectivity index (χ4v) is 4.68. The number of amides is 2. The van der Waals surface area contributed by atoms with Gasteiger partial charge < -0.3 is 20.5 Å². The number of nitrogens with one attached hydrogen (secondary N) is 2. The van der Waals surface area contributed by atoms with Gasteiger partial charge in [-0.05, 0) is 35.1 Å². The van der Waals surface area contributed by atoms with Crippen LogP contribution in [0.1, 0.15) is 44.2 Å². The van der Waals surface area contributed by atoms with Gasteiger partial charge in [-0.1, -0.05) is 62.4 Å². The molecule has 35 heavy (non-hydrogen) atoms. The predicted octanol–water partition coefficient (Wildman–Crippen LogP) is 4.41. The Hall–Kier alpha value is -3.49. The number of hydrogen-bond acceptors (Lipinski definition) is 4. The molecule has 3 unspecified atom stereocenters. The highest BCUT2D eigenvalue weighted by Crippen LogP contribution is 2.44. The minimum atomic E-state index is -2.87. The molecule has 188 valence electrons. The van der Waals surface area contributed by atoms with Crippen molar-refractivity contribution >= 4 is 18.0 Å². The number of carbonyl (C=O) groups excluding carboxylic acids is 2. The fraction of sp³-hybridized carbons (Fsp3) is 0.423. The molecule has 0 saturated carbocycles. The summed E-state index contributed by atoms with van der Waals surface area (Å²) in [5.41, 5.74) is 4.06. The molecule has 3 N–H and O–H groups in total. The first kappa shape index (κ1) is 26.1. The molecule has 0 heterocycles. The van der Waals surface area contributed by atoms with Crippen LogP contribution in [0.4, 0.5) is 13.6 Å². The van der Waals surface area contributed by atoms with Gasteiger partial charge in [0, 0.05) is 18.4 Å². The van der Waals surface area contributed by atoms with Crippen LogP contribution in [0, 0.1) is 11.8 Å². The second kappa shape index (κ2) is 11.3. The standard InChI is InChI=1S/C26H30F2N2O5/c1-14(2)23(25(32)33)15(3)29-24(31)21(12-22(27)28)30-26(34)35-13-20-18-10-6-4-8-16(18)17-9-5-7-11-19(17)20/h4-11,14-15,20-23H,12-13H2,1-3H3,(H,29,31)(H,30,34)(H,32,33). The highest BCUT2D eigenvalue weighted by Gasteiger charge is 2.33. The van der Waals surface area contributed by atoms with Crippen LogP contribution in [0.25, 0.3) is 11.1 Å². The van der Waals surface area contributed by atoms with Gasteiger partial charge in [-0.25, -0.2) is 13.6 Å². The highest BCUT2D eigenvalue weighted by atomic mass is 19.3. The Bertz CT molecular complexity index is 1030. The SMILES string of the molecule is CC(C)C(C(=O)O)C(C)NC(=O)C(CC(F)F)NC(=O)OCC1c2ccccc2-c2ccccc21. The van der Waals surface area contributed by atoms with Gasteiger partial charge in [-0.2, -0.15) is 0 Å². The number of aliphatic carboxylic acids is 1. The zero-order valence-corrected chi connectivity index (χ0v) is 19.8. The van der Waals surface area contributed by atoms with Crippen LogP contribution in [0.15, 0.2) is 48.5 Å². The van der Waals surface area contributed by atoms with Crippen molar-refractivity contribution in [1.29, 1.82) is 0 Å². The molecule has 0 radical (unpaired) electrons. The first-order valence-electron chi connectivity index (χ1n) is 11.5. The highest BCUT2D eigenvalue weighted by molar-refractivity contribution is 5.86. The van der Waals surface area contributed by atoms with Crippen LogP contribution in [0.2, 0.25) is 0 Å². The van der Waals surface area contributed by atoms with Crippen molar-refractivity contribution in [1.82, 2.24) is 10.6 Å². The number of carboxylic acid groups (broad SMARTS) is 1. The largest absolute Gasteiger partial charge is 0.481 e. The summed E-state index contributed by atoms with van der Waals surface area (Å²) in [6, 6.07) is 13.1. The van der Waals surface area contributed by atoms with E-state index in [1.54, 1.807) is 13.8 Å². The van der Waals surface area contributed by atoms with Gasteiger partial charge in [0.2, 0.25) is 12.3 Å². The summed E-state index contributed by atoms with van der Waals surface area (Å²) >= 11 is 0. The summed E-state index contributed by atoms with van der Waals surface area (Å²) in [6.45, 7) is 4.83. The molecule has 0 spiro atoms. The monoisotopic (exact) mass is 488 g/mol. The lowest BCUT2D eigenvalue weighted by Gasteiger charge is -2.27. The normalized spacial score (nSPS) is 15.2. The average molecular weight is 489 g/mol. The van der Waals surface area contributed by atoms with Crippen LogP contribution >= 0.6 is 0 Å². The van der Waals surface area contributed by atoms with E-state index in [4.69, 9.17) is 4.74 Å². The third-order valence-corrected chi connectivity index (χ3v) is 6.28. The maximum absolute atomic E-state index is 13.1. The number of benzene rings is 2. The summed E-state index contributed by atoms with van der Waals surface area (Å²) in [5.74, 6) is -3.44. The molecule has 0 saturated heterocycles. The molecule has 2 aromatic carbocycles. The Labute approximate surface area is 202 Å². The topological polar surface area (TPSA) is 105 Å². The summed E-state index contributed by atoms with van der Waals surface area (Å²) in [5, 5.41) is 14.1. The number of alkyl carbamates (subject to hydrolysis) is 1. The molecule has 1 aliphatic carbocycles. The average Bonchev–Trinajstić information content (AvgIpc) is 3.10. The van der Waals surface area contributed by atoms with Crippen molar-refractivity contribution in [2.24, 2.45) is 11.8 Å². The number of carbonyl (C=O) groups is 3. The molecule has 9 heteroatoms. The number of ether oxygens (including phenoxy) is 1. The van der Waals surface area contributed by atoms with Gasteiger partial charge in [0.1, 0.15) is 12.6 Å². The lowest BCUT2D eigenvalue weighted by molar-refractivity contribution is -0.144. The van der Waals surface area contributed by atoms with Crippen molar-refractivity contribution in [2.75, 3.05) is 6.61 Å². The Kier molecular flexibility index (Phi) is 8.43. The fourth-order valence-electron chi connectivity index (χ4n) is 4.68. The summed E-state index contributed by atoms with van der Waals surface area (Å²) in [4.78, 5) is 36.7. The number of halogens is 2. The Balaban J connectivity index is 1.66. The maximum Gasteiger partial charge on any atom is 0.407 e. The van der Waals surface area contributed by atoms with Crippen LogP contribution in [0.5, 0.6) is 0 Å². The summed E-state index contributed by atoms with van der Waals surface area (Å²) < 4.78 is 31.7. The van der Waals surface area contributed by atoms with E-state index in [-0.39, 0.29) is 18.4 Å². The van der Waals surface area contributed by atoms with Gasteiger partial charge in [0.05, 0.1) is 5.92 Å². The van der Waals surface area contributed by atoms with E-state index >= 15 is 0 Å². The molecule has 7 nitrogen and oxygen atoms in total. The van der Waals surface area contributed by atoms with E-state index in [1.807, 2.05) is 48.5 Å². The molecule has 3 rings (SSSR count). The van der Waals surface area contributed by atoms with Crippen molar-refractivity contribution in [2.45, 2.75) is 51.6 Å². The minimum Gasteiger partial charge on any atom is -0.481 e. The summed E-state index contributed by atoms with van der Waals surface area (Å²) in [7, 11) is 0. The van der Waals surface area contributed by atoms with E-state index in [9.17, 15) is 28.3 Å². The molecule has 3 atom stereocenters. The van der Waals surface area contributed by atoms with Gasteiger partial charge >= 0.3 is 12.1 Å². The van der Waals surface area contributed by atoms with Gasteiger partial charge in [0.15, 0.2) is 0 Å². The number of fused-ring (bicyclic) bond motifs is 3. The van der Waals surface area contributed by atoms with Crippen LogP contribution in [0.3, 0.4) is 0 Å². The Morgan fingerprint density at radius 1 is 0.943 bits per heavy atom. The zero-order chi connectivity index (χ0) is 25.7. The third-order valence-electron chi connectivity index (χ3n) is 6.28. The predicted molar refractivity (Wildman–Crippen MR) is 126 cm³/mol. The molecule has 2 amide bonds. The number of hydrogen-bond donors (Lipinski definition) is 3. The first-order chi connectivity index (χ1) is 16.6. The van der Waals surface area contributed by atoms with Crippen LogP contribution in [-0.2, 0) is 14.3 Å². The Morgan fingerprint density at radius 2 is 1.49 bits per heavy atom. The second-order valence-corrected chi connectivity index (χ2v) is 9.05. The maximum atomic E-state index is 13.1. The molecule has 0 fully saturated rings. The molecule has 0 aromatic heterocycles. The van der Waals surface area contributed by atoms with Crippen molar-refractivity contribution in [3.63, 3.8) is 0 Å². The van der Waals surface area contributed by atoms with Gasteiger partial charge in [-0.3, -0.25) is 9.59 Å². The second-order valence-electron chi connectivity index (χ2n) is 9.05. The molecule has 2 aromatic rings. The first-order valence-corrected chi connectivity index (χ1v) is 11.5. The minimum absolute atomic E-state index is 0.0340. The number of carboxylic acids is 1. The zero-order valence-electron chi connectivity index (χ0n) is 19.8. The van der Waals surface area contributed by atoms with Crippen molar-refractivity contribution < 1.29 is 33.0 Å². The summed E-state index contributed by atoms with van der Waals surface area (Å²) in [6.07, 6.45) is -4.79. The van der Waals surface area contributed by atoms with E-state index < -0.39 is 48.8 Å². The van der Waals surface area contributed by atoms with E-state index in [2.05, 4.69) is 10.6 Å². The van der Waals surface area contributed by atoms with Crippen LogP contribution in [-0.4, -0.2) is 48.2 Å².